The molecule has 0 nitrogen and oxygen atoms in total. The number of alkyl halides is 1. The highest BCUT2D eigenvalue weighted by molar-refractivity contribution is 9.09. The van der Waals surface area contributed by atoms with Crippen LogP contribution >= 0.6 is 27.3 Å². The standard InChI is InChI=1S/C14H15BrS/c1-10-8-11(2)16-14(10)13(15)9-12-6-4-3-5-7-12/h3-8,13H,9H2,1-2H3. The summed E-state index contributed by atoms with van der Waals surface area (Å²) in [6.45, 7) is 4.36. The van der Waals surface area contributed by atoms with E-state index in [1.807, 2.05) is 11.3 Å². The van der Waals surface area contributed by atoms with Gasteiger partial charge in [0.25, 0.3) is 0 Å². The van der Waals surface area contributed by atoms with E-state index in [4.69, 9.17) is 0 Å². The number of hydrogen-bond donors (Lipinski definition) is 0. The van der Waals surface area contributed by atoms with Gasteiger partial charge in [-0.2, -0.15) is 0 Å². The molecule has 0 amide bonds. The first-order valence-electron chi connectivity index (χ1n) is 5.41. The Morgan fingerprint density at radius 1 is 1.19 bits per heavy atom. The van der Waals surface area contributed by atoms with Crippen molar-refractivity contribution in [2.24, 2.45) is 0 Å². The van der Waals surface area contributed by atoms with Crippen molar-refractivity contribution in [3.8, 4) is 0 Å². The number of rotatable bonds is 3. The van der Waals surface area contributed by atoms with Crippen LogP contribution < -0.4 is 0 Å². The van der Waals surface area contributed by atoms with E-state index in [-0.39, 0.29) is 0 Å². The summed E-state index contributed by atoms with van der Waals surface area (Å²) in [5.41, 5.74) is 2.79. The van der Waals surface area contributed by atoms with Crippen molar-refractivity contribution in [3.05, 3.63) is 57.3 Å². The second-order valence-electron chi connectivity index (χ2n) is 4.06. The summed E-state index contributed by atoms with van der Waals surface area (Å²) in [5, 5.41) is 0. The summed E-state index contributed by atoms with van der Waals surface area (Å²) < 4.78 is 0. The fourth-order valence-electron chi connectivity index (χ4n) is 1.88. The average Bonchev–Trinajstić information content (AvgIpc) is 2.59. The maximum atomic E-state index is 3.80. The molecule has 1 aromatic heterocycles. The average molecular weight is 295 g/mol. The Labute approximate surface area is 109 Å². The first-order valence-corrected chi connectivity index (χ1v) is 7.15. The van der Waals surface area contributed by atoms with Crippen molar-refractivity contribution < 1.29 is 0 Å². The van der Waals surface area contributed by atoms with Gasteiger partial charge in [0.2, 0.25) is 0 Å². The summed E-state index contributed by atoms with van der Waals surface area (Å²) in [4.78, 5) is 3.29. The lowest BCUT2D eigenvalue weighted by Crippen LogP contribution is -1.94. The van der Waals surface area contributed by atoms with Crippen molar-refractivity contribution in [3.63, 3.8) is 0 Å². The van der Waals surface area contributed by atoms with Crippen molar-refractivity contribution in [2.75, 3.05) is 0 Å². The van der Waals surface area contributed by atoms with E-state index in [2.05, 4.69) is 66.2 Å². The molecule has 84 valence electrons. The van der Waals surface area contributed by atoms with Gasteiger partial charge in [0.05, 0.1) is 4.83 Å². The topological polar surface area (TPSA) is 0 Å². The van der Waals surface area contributed by atoms with Gasteiger partial charge in [-0.1, -0.05) is 46.3 Å². The number of halogens is 1. The largest absolute Gasteiger partial charge is 0.144 e. The van der Waals surface area contributed by atoms with Gasteiger partial charge in [-0.25, -0.2) is 0 Å². The number of thiophene rings is 1. The lowest BCUT2D eigenvalue weighted by atomic mass is 10.1. The smallest absolute Gasteiger partial charge is 0.0532 e. The van der Waals surface area contributed by atoms with Crippen LogP contribution in [-0.2, 0) is 6.42 Å². The summed E-state index contributed by atoms with van der Waals surface area (Å²) in [6, 6.07) is 12.9. The molecule has 2 heteroatoms. The zero-order valence-electron chi connectivity index (χ0n) is 9.53. The molecule has 1 aromatic carbocycles. The number of benzene rings is 1. The minimum absolute atomic E-state index is 0.439. The molecule has 2 rings (SSSR count). The second kappa shape index (κ2) is 5.15. The lowest BCUT2D eigenvalue weighted by molar-refractivity contribution is 0.961. The molecule has 0 radical (unpaired) electrons. The van der Waals surface area contributed by atoms with Gasteiger partial charge in [0, 0.05) is 9.75 Å². The SMILES string of the molecule is Cc1cc(C)c(C(Br)Cc2ccccc2)s1. The van der Waals surface area contributed by atoms with Crippen LogP contribution in [0.15, 0.2) is 36.4 Å². The first kappa shape index (κ1) is 11.9. The zero-order chi connectivity index (χ0) is 11.5. The van der Waals surface area contributed by atoms with Gasteiger partial charge in [-0.15, -0.1) is 11.3 Å². The van der Waals surface area contributed by atoms with Gasteiger partial charge in [-0.3, -0.25) is 0 Å². The molecule has 1 unspecified atom stereocenters. The monoisotopic (exact) mass is 294 g/mol. The Hall–Kier alpha value is -0.600. The van der Waals surface area contributed by atoms with E-state index in [9.17, 15) is 0 Å². The molecule has 2 aromatic rings. The van der Waals surface area contributed by atoms with E-state index < -0.39 is 0 Å². The van der Waals surface area contributed by atoms with Crippen LogP contribution in [0.4, 0.5) is 0 Å². The van der Waals surface area contributed by atoms with Crippen molar-refractivity contribution in [1.29, 1.82) is 0 Å². The predicted octanol–water partition coefficient (Wildman–Crippen LogP) is 5.04. The van der Waals surface area contributed by atoms with Crippen molar-refractivity contribution in [2.45, 2.75) is 25.1 Å². The van der Waals surface area contributed by atoms with E-state index in [0.717, 1.165) is 6.42 Å². The summed E-state index contributed by atoms with van der Waals surface area (Å²) >= 11 is 5.69. The van der Waals surface area contributed by atoms with E-state index in [1.165, 1.54) is 20.9 Å². The molecular formula is C14H15BrS. The quantitative estimate of drug-likeness (QED) is 0.696. The third-order valence-electron chi connectivity index (χ3n) is 2.62. The highest BCUT2D eigenvalue weighted by atomic mass is 79.9. The molecule has 1 heterocycles. The van der Waals surface area contributed by atoms with Crippen LogP contribution in [0.25, 0.3) is 0 Å². The molecule has 0 aliphatic carbocycles. The van der Waals surface area contributed by atoms with E-state index >= 15 is 0 Å². The molecule has 0 bridgehead atoms. The van der Waals surface area contributed by atoms with Gasteiger partial charge in [0.1, 0.15) is 0 Å². The molecule has 0 fully saturated rings. The van der Waals surface area contributed by atoms with Gasteiger partial charge < -0.3 is 0 Å². The molecule has 0 aliphatic rings. The Bertz CT molecular complexity index is 459. The molecule has 0 N–H and O–H groups in total. The normalized spacial score (nSPS) is 12.7. The third-order valence-corrected chi connectivity index (χ3v) is 4.97. The molecular weight excluding hydrogens is 280 g/mol. The van der Waals surface area contributed by atoms with Gasteiger partial charge in [0.15, 0.2) is 0 Å². The Morgan fingerprint density at radius 3 is 2.44 bits per heavy atom. The number of aryl methyl sites for hydroxylation is 2. The third kappa shape index (κ3) is 2.74. The highest BCUT2D eigenvalue weighted by Gasteiger charge is 2.13. The summed E-state index contributed by atoms with van der Waals surface area (Å²) in [6.07, 6.45) is 1.06. The minimum atomic E-state index is 0.439. The zero-order valence-corrected chi connectivity index (χ0v) is 11.9. The van der Waals surface area contributed by atoms with E-state index in [1.54, 1.807) is 0 Å². The number of hydrogen-bond acceptors (Lipinski definition) is 1. The first-order chi connectivity index (χ1) is 7.66. The van der Waals surface area contributed by atoms with Crippen molar-refractivity contribution in [1.82, 2.24) is 0 Å². The second-order valence-corrected chi connectivity index (χ2v) is 6.45. The molecule has 0 spiro atoms. The Balaban J connectivity index is 2.14. The van der Waals surface area contributed by atoms with Crippen LogP contribution in [0.5, 0.6) is 0 Å². The predicted molar refractivity (Wildman–Crippen MR) is 75.6 cm³/mol. The van der Waals surface area contributed by atoms with E-state index in [0.29, 0.717) is 4.83 Å². The fraction of sp³-hybridized carbons (Fsp3) is 0.286. The fourth-order valence-corrected chi connectivity index (χ4v) is 3.91. The van der Waals surface area contributed by atoms with Crippen LogP contribution in [-0.4, -0.2) is 0 Å². The van der Waals surface area contributed by atoms with Crippen LogP contribution in [0.2, 0.25) is 0 Å². The Kier molecular flexibility index (Phi) is 3.82. The maximum absolute atomic E-state index is 3.80. The lowest BCUT2D eigenvalue weighted by Gasteiger charge is -2.09. The van der Waals surface area contributed by atoms with Gasteiger partial charge >= 0.3 is 0 Å². The van der Waals surface area contributed by atoms with Crippen LogP contribution in [0, 0.1) is 13.8 Å². The molecule has 0 saturated carbocycles. The molecule has 16 heavy (non-hydrogen) atoms. The van der Waals surface area contributed by atoms with Gasteiger partial charge in [-0.05, 0) is 37.5 Å². The molecule has 0 aliphatic heterocycles. The summed E-state index contributed by atoms with van der Waals surface area (Å²) in [7, 11) is 0. The molecule has 1 atom stereocenters. The van der Waals surface area contributed by atoms with Crippen LogP contribution in [0.1, 0.15) is 25.7 Å². The van der Waals surface area contributed by atoms with Crippen molar-refractivity contribution >= 4 is 27.3 Å². The summed E-state index contributed by atoms with van der Waals surface area (Å²) in [5.74, 6) is 0. The minimum Gasteiger partial charge on any atom is -0.144 e. The molecule has 0 saturated heterocycles. The van der Waals surface area contributed by atoms with Crippen LogP contribution in [0.3, 0.4) is 0 Å². The highest BCUT2D eigenvalue weighted by Crippen LogP contribution is 2.35. The maximum Gasteiger partial charge on any atom is 0.0532 e. The Morgan fingerprint density at radius 2 is 1.88 bits per heavy atom.